The quantitative estimate of drug-likeness (QED) is 0.662. The molecule has 33 heavy (non-hydrogen) atoms. The summed E-state index contributed by atoms with van der Waals surface area (Å²) in [5.74, 6) is -2.43. The fraction of sp³-hybridized carbons (Fsp3) is 0.500. The molecule has 2 N–H and O–H groups in total. The zero-order valence-corrected chi connectivity index (χ0v) is 16.8. The van der Waals surface area contributed by atoms with Gasteiger partial charge in [-0.25, -0.2) is 4.39 Å². The SMILES string of the molecule is Cn1cc(C23CC2(C(=O)Nc2ccc(C(F)(F)F)c(F)c2)C2CC(O)C3O2)c(C(F)(F)F)n1. The number of aliphatic hydroxyl groups excluding tert-OH is 1. The van der Waals surface area contributed by atoms with Crippen molar-refractivity contribution in [2.75, 3.05) is 5.32 Å². The number of benzene rings is 1. The molecule has 0 spiro atoms. The number of aryl methyl sites for hydroxylation is 1. The first-order valence-electron chi connectivity index (χ1n) is 9.85. The van der Waals surface area contributed by atoms with Crippen LogP contribution in [0.3, 0.4) is 0 Å². The zero-order chi connectivity index (χ0) is 24.1. The second kappa shape index (κ2) is 6.47. The highest BCUT2D eigenvalue weighted by Crippen LogP contribution is 2.78. The summed E-state index contributed by atoms with van der Waals surface area (Å²) in [7, 11) is 1.29. The minimum absolute atomic E-state index is 0.00280. The van der Waals surface area contributed by atoms with E-state index in [0.717, 1.165) is 16.9 Å². The molecule has 3 aliphatic rings. The molecule has 1 saturated carbocycles. The van der Waals surface area contributed by atoms with Gasteiger partial charge >= 0.3 is 12.4 Å². The van der Waals surface area contributed by atoms with E-state index in [9.17, 15) is 40.6 Å². The Balaban J connectivity index is 1.53. The topological polar surface area (TPSA) is 76.4 Å². The van der Waals surface area contributed by atoms with Gasteiger partial charge in [-0.15, -0.1) is 0 Å². The van der Waals surface area contributed by atoms with Gasteiger partial charge in [0, 0.05) is 36.3 Å². The molecule has 5 rings (SSSR count). The molecule has 1 aliphatic carbocycles. The largest absolute Gasteiger partial charge is 0.435 e. The zero-order valence-electron chi connectivity index (χ0n) is 16.8. The Bertz CT molecular complexity index is 1160. The number of nitrogens with zero attached hydrogens (tertiary/aromatic N) is 2. The van der Waals surface area contributed by atoms with Crippen molar-refractivity contribution in [1.29, 1.82) is 0 Å². The van der Waals surface area contributed by atoms with Gasteiger partial charge in [-0.2, -0.15) is 31.4 Å². The molecule has 2 aliphatic heterocycles. The van der Waals surface area contributed by atoms with Crippen LogP contribution in [0.1, 0.15) is 29.7 Å². The van der Waals surface area contributed by atoms with Crippen LogP contribution < -0.4 is 5.32 Å². The van der Waals surface area contributed by atoms with E-state index in [1.165, 1.54) is 7.05 Å². The number of nitrogens with one attached hydrogen (secondary N) is 1. The molecule has 178 valence electrons. The second-order valence-corrected chi connectivity index (χ2v) is 8.68. The summed E-state index contributed by atoms with van der Waals surface area (Å²) < 4.78 is 100. The van der Waals surface area contributed by atoms with E-state index < -0.39 is 64.5 Å². The summed E-state index contributed by atoms with van der Waals surface area (Å²) in [6.07, 6.45) is -11.8. The molecule has 2 bridgehead atoms. The Morgan fingerprint density at radius 3 is 2.55 bits per heavy atom. The number of ether oxygens (including phenoxy) is 1. The lowest BCUT2D eigenvalue weighted by atomic mass is 9.73. The average Bonchev–Trinajstić information content (AvgIpc) is 2.90. The molecule has 13 heteroatoms. The van der Waals surface area contributed by atoms with Crippen molar-refractivity contribution in [1.82, 2.24) is 9.78 Å². The van der Waals surface area contributed by atoms with Crippen LogP contribution >= 0.6 is 0 Å². The predicted molar refractivity (Wildman–Crippen MR) is 96.3 cm³/mol. The van der Waals surface area contributed by atoms with Gasteiger partial charge < -0.3 is 15.2 Å². The maximum absolute atomic E-state index is 13.9. The van der Waals surface area contributed by atoms with Gasteiger partial charge in [0.05, 0.1) is 29.3 Å². The molecule has 2 aromatic rings. The van der Waals surface area contributed by atoms with Crippen molar-refractivity contribution in [3.05, 3.63) is 47.0 Å². The van der Waals surface area contributed by atoms with E-state index in [1.807, 2.05) is 0 Å². The number of carbonyl (C=O) groups excluding carboxylic acids is 1. The molecule has 5 unspecified atom stereocenters. The van der Waals surface area contributed by atoms with Gasteiger partial charge in [0.25, 0.3) is 0 Å². The summed E-state index contributed by atoms with van der Waals surface area (Å²) in [4.78, 5) is 13.3. The molecule has 2 saturated heterocycles. The van der Waals surface area contributed by atoms with Crippen molar-refractivity contribution in [2.24, 2.45) is 12.5 Å². The van der Waals surface area contributed by atoms with E-state index in [0.29, 0.717) is 12.1 Å². The molecule has 1 amide bonds. The number of alkyl halides is 6. The van der Waals surface area contributed by atoms with Gasteiger partial charge in [-0.1, -0.05) is 0 Å². The van der Waals surface area contributed by atoms with Crippen LogP contribution in [-0.2, 0) is 34.3 Å². The smallest absolute Gasteiger partial charge is 0.390 e. The van der Waals surface area contributed by atoms with Crippen molar-refractivity contribution in [2.45, 2.75) is 48.9 Å². The van der Waals surface area contributed by atoms with Crippen molar-refractivity contribution < 1.29 is 45.4 Å². The van der Waals surface area contributed by atoms with Gasteiger partial charge in [0.15, 0.2) is 5.69 Å². The lowest BCUT2D eigenvalue weighted by molar-refractivity contribution is -0.143. The lowest BCUT2D eigenvalue weighted by Gasteiger charge is -2.29. The Kier molecular flexibility index (Phi) is 4.34. The maximum atomic E-state index is 13.9. The summed E-state index contributed by atoms with van der Waals surface area (Å²) >= 11 is 0. The van der Waals surface area contributed by atoms with Gasteiger partial charge in [-0.3, -0.25) is 9.48 Å². The van der Waals surface area contributed by atoms with Crippen molar-refractivity contribution in [3.63, 3.8) is 0 Å². The maximum Gasteiger partial charge on any atom is 0.435 e. The molecule has 6 nitrogen and oxygen atoms in total. The van der Waals surface area contributed by atoms with E-state index in [1.54, 1.807) is 0 Å². The van der Waals surface area contributed by atoms with Gasteiger partial charge in [0.1, 0.15) is 5.82 Å². The minimum atomic E-state index is -4.93. The fourth-order valence-electron chi connectivity index (χ4n) is 5.59. The molecule has 0 radical (unpaired) electrons. The normalized spacial score (nSPS) is 32.7. The molecule has 3 fully saturated rings. The molecular weight excluding hydrogens is 463 g/mol. The molecule has 3 heterocycles. The summed E-state index contributed by atoms with van der Waals surface area (Å²) in [6, 6.07) is 1.82. The number of halogens is 7. The molecule has 5 atom stereocenters. The molecule has 1 aromatic carbocycles. The summed E-state index contributed by atoms with van der Waals surface area (Å²) in [5, 5.41) is 16.2. The number of fused-ring (bicyclic) bond motifs is 5. The van der Waals surface area contributed by atoms with E-state index in [2.05, 4.69) is 10.4 Å². The first-order chi connectivity index (χ1) is 15.2. The third kappa shape index (κ3) is 2.87. The first-order valence-corrected chi connectivity index (χ1v) is 9.85. The number of amides is 1. The van der Waals surface area contributed by atoms with Crippen LogP contribution in [0.4, 0.5) is 36.4 Å². The van der Waals surface area contributed by atoms with Crippen molar-refractivity contribution in [3.8, 4) is 0 Å². The van der Waals surface area contributed by atoms with Crippen LogP contribution in [-0.4, -0.2) is 39.1 Å². The Morgan fingerprint density at radius 2 is 1.94 bits per heavy atom. The predicted octanol–water partition coefficient (Wildman–Crippen LogP) is 3.40. The van der Waals surface area contributed by atoms with Crippen LogP contribution in [0, 0.1) is 11.2 Å². The Morgan fingerprint density at radius 1 is 1.24 bits per heavy atom. The highest BCUT2D eigenvalue weighted by Gasteiger charge is 2.88. The Hall–Kier alpha value is -2.67. The standard InChI is InChI=1S/C20H16F7N3O3/c1-30-6-10(14(29-30)20(25,26)27)17-7-18(17,13-5-12(31)15(17)33-13)16(32)28-8-2-3-9(11(21)4-8)19(22,23)24/h2-4,6,12-13,15,31H,5,7H2,1H3,(H,28,32). The van der Waals surface area contributed by atoms with Crippen LogP contribution in [0.25, 0.3) is 0 Å². The van der Waals surface area contributed by atoms with E-state index in [4.69, 9.17) is 4.74 Å². The third-order valence-corrected chi connectivity index (χ3v) is 6.90. The number of anilines is 1. The highest BCUT2D eigenvalue weighted by atomic mass is 19.4. The minimum Gasteiger partial charge on any atom is -0.390 e. The van der Waals surface area contributed by atoms with Gasteiger partial charge in [-0.05, 0) is 24.6 Å². The van der Waals surface area contributed by atoms with Crippen LogP contribution in [0.2, 0.25) is 0 Å². The van der Waals surface area contributed by atoms with Gasteiger partial charge in [0.2, 0.25) is 5.91 Å². The number of aliphatic hydroxyl groups is 1. The van der Waals surface area contributed by atoms with E-state index >= 15 is 0 Å². The fourth-order valence-corrected chi connectivity index (χ4v) is 5.59. The third-order valence-electron chi connectivity index (χ3n) is 6.90. The Labute approximate surface area is 181 Å². The summed E-state index contributed by atoms with van der Waals surface area (Å²) in [6.45, 7) is 0. The number of carbonyl (C=O) groups is 1. The number of hydrogen-bond donors (Lipinski definition) is 2. The molecular formula is C20H16F7N3O3. The monoisotopic (exact) mass is 479 g/mol. The van der Waals surface area contributed by atoms with E-state index in [-0.39, 0.29) is 24.1 Å². The molecule has 1 aromatic heterocycles. The highest BCUT2D eigenvalue weighted by molar-refractivity contribution is 6.01. The second-order valence-electron chi connectivity index (χ2n) is 8.68. The lowest BCUT2D eigenvalue weighted by Crippen LogP contribution is -2.45. The van der Waals surface area contributed by atoms with Crippen LogP contribution in [0.15, 0.2) is 24.4 Å². The van der Waals surface area contributed by atoms with Crippen LogP contribution in [0.5, 0.6) is 0 Å². The summed E-state index contributed by atoms with van der Waals surface area (Å²) in [5.41, 5.74) is -6.34. The number of hydrogen-bond acceptors (Lipinski definition) is 4. The number of aromatic nitrogens is 2. The van der Waals surface area contributed by atoms with Crippen molar-refractivity contribution >= 4 is 11.6 Å². The number of rotatable bonds is 3. The first kappa shape index (κ1) is 22.1. The average molecular weight is 479 g/mol.